The number of halogens is 2. The zero-order valence-electron chi connectivity index (χ0n) is 15.8. The van der Waals surface area contributed by atoms with E-state index in [0.29, 0.717) is 23.0 Å². The fourth-order valence-electron chi connectivity index (χ4n) is 2.69. The van der Waals surface area contributed by atoms with E-state index in [9.17, 15) is 13.2 Å². The highest BCUT2D eigenvalue weighted by Crippen LogP contribution is 2.18. The molecule has 0 saturated heterocycles. The third-order valence-electron chi connectivity index (χ3n) is 4.24. The van der Waals surface area contributed by atoms with E-state index in [1.54, 1.807) is 6.07 Å². The van der Waals surface area contributed by atoms with Crippen LogP contribution in [0.5, 0.6) is 0 Å². The van der Waals surface area contributed by atoms with Gasteiger partial charge in [0.2, 0.25) is 11.8 Å². The first-order chi connectivity index (χ1) is 14.3. The first kappa shape index (κ1) is 22.3. The molecule has 1 heterocycles. The summed E-state index contributed by atoms with van der Waals surface area (Å²) in [5.74, 6) is -0.324. The van der Waals surface area contributed by atoms with Gasteiger partial charge in [0.1, 0.15) is 5.75 Å². The zero-order chi connectivity index (χ0) is 21.6. The van der Waals surface area contributed by atoms with E-state index >= 15 is 0 Å². The van der Waals surface area contributed by atoms with E-state index in [2.05, 4.69) is 15.5 Å². The molecule has 1 N–H and O–H groups in total. The fraction of sp³-hybridized carbons (Fsp3) is 0.250. The van der Waals surface area contributed by atoms with Crippen LogP contribution in [0.2, 0.25) is 10.0 Å². The Bertz CT molecular complexity index is 1120. The zero-order valence-corrected chi connectivity index (χ0v) is 18.2. The van der Waals surface area contributed by atoms with Crippen molar-refractivity contribution in [2.75, 3.05) is 6.54 Å². The Morgan fingerprint density at radius 2 is 1.77 bits per heavy atom. The van der Waals surface area contributed by atoms with Gasteiger partial charge in [0, 0.05) is 29.4 Å². The summed E-state index contributed by atoms with van der Waals surface area (Å²) < 4.78 is 29.9. The predicted molar refractivity (Wildman–Crippen MR) is 113 cm³/mol. The summed E-state index contributed by atoms with van der Waals surface area (Å²) in [4.78, 5) is 16.2. The minimum atomic E-state index is -3.62. The number of sulfone groups is 1. The van der Waals surface area contributed by atoms with Gasteiger partial charge in [-0.25, -0.2) is 8.42 Å². The minimum absolute atomic E-state index is 0.0408. The Hall–Kier alpha value is -2.42. The second kappa shape index (κ2) is 10.1. The highest BCUT2D eigenvalue weighted by Gasteiger charge is 2.19. The number of amides is 1. The highest BCUT2D eigenvalue weighted by molar-refractivity contribution is 7.90. The summed E-state index contributed by atoms with van der Waals surface area (Å²) >= 11 is 11.9. The lowest BCUT2D eigenvalue weighted by molar-refractivity contribution is -0.121. The van der Waals surface area contributed by atoms with Crippen LogP contribution >= 0.6 is 23.2 Å². The summed E-state index contributed by atoms with van der Waals surface area (Å²) in [6.07, 6.45) is 0.985. The second-order valence-corrected chi connectivity index (χ2v) is 9.34. The first-order valence-electron chi connectivity index (χ1n) is 9.13. The van der Waals surface area contributed by atoms with E-state index in [1.165, 1.54) is 24.3 Å². The lowest BCUT2D eigenvalue weighted by Crippen LogP contribution is -2.26. The standard InChI is InChI=1S/C20H19Cl2N3O4S/c21-15-5-7-16(8-6-15)30(27,28)13-18-24-20(29-25-18)10-9-19(26)23-12-11-14-3-1-2-4-17(14)22/h1-8H,9-13H2,(H,23,26). The number of carbonyl (C=O) groups is 1. The highest BCUT2D eigenvalue weighted by atomic mass is 35.5. The summed E-state index contributed by atoms with van der Waals surface area (Å²) in [6, 6.07) is 13.3. The van der Waals surface area contributed by atoms with Gasteiger partial charge >= 0.3 is 0 Å². The van der Waals surface area contributed by atoms with Crippen molar-refractivity contribution >= 4 is 38.9 Å². The molecule has 10 heteroatoms. The third-order valence-corrected chi connectivity index (χ3v) is 6.49. The molecular formula is C20H19Cl2N3O4S. The van der Waals surface area contributed by atoms with E-state index in [-0.39, 0.29) is 35.4 Å². The van der Waals surface area contributed by atoms with Crippen LogP contribution in [-0.4, -0.2) is 31.0 Å². The summed E-state index contributed by atoms with van der Waals surface area (Å²) in [7, 11) is -3.62. The molecule has 0 unspecified atom stereocenters. The van der Waals surface area contributed by atoms with E-state index in [4.69, 9.17) is 27.7 Å². The maximum absolute atomic E-state index is 12.4. The van der Waals surface area contributed by atoms with Gasteiger partial charge in [0.15, 0.2) is 15.7 Å². The minimum Gasteiger partial charge on any atom is -0.356 e. The number of benzene rings is 2. The van der Waals surface area contributed by atoms with Crippen LogP contribution < -0.4 is 5.32 Å². The Kier molecular flexibility index (Phi) is 7.47. The maximum atomic E-state index is 12.4. The summed E-state index contributed by atoms with van der Waals surface area (Å²) in [5.41, 5.74) is 0.961. The Morgan fingerprint density at radius 1 is 1.03 bits per heavy atom. The van der Waals surface area contributed by atoms with E-state index in [0.717, 1.165) is 5.56 Å². The third kappa shape index (κ3) is 6.29. The van der Waals surface area contributed by atoms with Crippen LogP contribution in [0.4, 0.5) is 0 Å². The van der Waals surface area contributed by atoms with Crippen molar-refractivity contribution in [3.63, 3.8) is 0 Å². The van der Waals surface area contributed by atoms with Gasteiger partial charge in [-0.2, -0.15) is 4.98 Å². The SMILES string of the molecule is O=C(CCc1nc(CS(=O)(=O)c2ccc(Cl)cc2)no1)NCCc1ccccc1Cl. The number of nitrogens with zero attached hydrogens (tertiary/aromatic N) is 2. The summed E-state index contributed by atoms with van der Waals surface area (Å²) in [6.45, 7) is 0.455. The largest absolute Gasteiger partial charge is 0.356 e. The molecule has 0 saturated carbocycles. The van der Waals surface area contributed by atoms with Crippen molar-refractivity contribution in [2.45, 2.75) is 29.9 Å². The van der Waals surface area contributed by atoms with Crippen LogP contribution in [0.1, 0.15) is 23.7 Å². The van der Waals surface area contributed by atoms with Crippen molar-refractivity contribution < 1.29 is 17.7 Å². The van der Waals surface area contributed by atoms with Crippen LogP contribution in [0.15, 0.2) is 57.9 Å². The molecule has 158 valence electrons. The molecule has 30 heavy (non-hydrogen) atoms. The number of nitrogens with one attached hydrogen (secondary N) is 1. The molecule has 0 aliphatic carbocycles. The van der Waals surface area contributed by atoms with Crippen LogP contribution in [0, 0.1) is 0 Å². The lowest BCUT2D eigenvalue weighted by atomic mass is 10.1. The summed E-state index contributed by atoms with van der Waals surface area (Å²) in [5, 5.41) is 7.61. The number of hydrogen-bond acceptors (Lipinski definition) is 6. The fourth-order valence-corrected chi connectivity index (χ4v) is 4.22. The van der Waals surface area contributed by atoms with Gasteiger partial charge in [-0.3, -0.25) is 4.79 Å². The molecular weight excluding hydrogens is 449 g/mol. The lowest BCUT2D eigenvalue weighted by Gasteiger charge is -2.05. The average Bonchev–Trinajstić information content (AvgIpc) is 3.15. The molecule has 0 bridgehead atoms. The molecule has 3 rings (SSSR count). The number of aryl methyl sites for hydroxylation is 1. The Morgan fingerprint density at radius 3 is 2.50 bits per heavy atom. The average molecular weight is 468 g/mol. The molecule has 1 aromatic heterocycles. The second-order valence-electron chi connectivity index (χ2n) is 6.51. The molecule has 0 spiro atoms. The molecule has 3 aromatic rings. The smallest absolute Gasteiger partial charge is 0.227 e. The topological polar surface area (TPSA) is 102 Å². The first-order valence-corrected chi connectivity index (χ1v) is 11.5. The van der Waals surface area contributed by atoms with Crippen molar-refractivity contribution in [3.05, 3.63) is 75.9 Å². The molecule has 0 aliphatic rings. The van der Waals surface area contributed by atoms with Crippen LogP contribution in [0.25, 0.3) is 0 Å². The molecule has 7 nitrogen and oxygen atoms in total. The van der Waals surface area contributed by atoms with Crippen molar-refractivity contribution in [1.82, 2.24) is 15.5 Å². The number of aromatic nitrogens is 2. The van der Waals surface area contributed by atoms with E-state index in [1.807, 2.05) is 18.2 Å². The van der Waals surface area contributed by atoms with Gasteiger partial charge in [0.05, 0.1) is 4.90 Å². The van der Waals surface area contributed by atoms with Crippen molar-refractivity contribution in [3.8, 4) is 0 Å². The maximum Gasteiger partial charge on any atom is 0.227 e. The molecule has 0 atom stereocenters. The monoisotopic (exact) mass is 467 g/mol. The predicted octanol–water partition coefficient (Wildman–Crippen LogP) is 3.64. The van der Waals surface area contributed by atoms with Crippen molar-refractivity contribution in [1.29, 1.82) is 0 Å². The molecule has 2 aromatic carbocycles. The molecule has 0 fully saturated rings. The number of hydrogen-bond donors (Lipinski definition) is 1. The molecule has 0 aliphatic heterocycles. The van der Waals surface area contributed by atoms with Gasteiger partial charge in [0.25, 0.3) is 0 Å². The number of carbonyl (C=O) groups excluding carboxylic acids is 1. The normalized spacial score (nSPS) is 11.4. The van der Waals surface area contributed by atoms with Gasteiger partial charge in [-0.05, 0) is 42.3 Å². The van der Waals surface area contributed by atoms with Crippen LogP contribution in [0.3, 0.4) is 0 Å². The van der Waals surface area contributed by atoms with Gasteiger partial charge in [-0.15, -0.1) is 0 Å². The molecule has 1 amide bonds. The van der Waals surface area contributed by atoms with Crippen molar-refractivity contribution in [2.24, 2.45) is 0 Å². The van der Waals surface area contributed by atoms with Crippen LogP contribution in [-0.2, 0) is 33.2 Å². The number of rotatable bonds is 9. The van der Waals surface area contributed by atoms with E-state index < -0.39 is 15.6 Å². The Labute approximate surface area is 184 Å². The quantitative estimate of drug-likeness (QED) is 0.515. The van der Waals surface area contributed by atoms with Gasteiger partial charge < -0.3 is 9.84 Å². The van der Waals surface area contributed by atoms with Gasteiger partial charge in [-0.1, -0.05) is 46.6 Å². The Balaban J connectivity index is 1.46. The molecule has 0 radical (unpaired) electrons.